The van der Waals surface area contributed by atoms with E-state index in [9.17, 15) is 13.2 Å². The number of anilines is 1. The first-order chi connectivity index (χ1) is 12.0. The van der Waals surface area contributed by atoms with Crippen LogP contribution in [0.3, 0.4) is 0 Å². The second kappa shape index (κ2) is 7.43. The van der Waals surface area contributed by atoms with E-state index in [2.05, 4.69) is 15.1 Å². The van der Waals surface area contributed by atoms with E-state index in [4.69, 9.17) is 0 Å². The maximum atomic E-state index is 12.1. The van der Waals surface area contributed by atoms with Crippen molar-refractivity contribution in [2.45, 2.75) is 12.8 Å². The maximum absolute atomic E-state index is 12.1. The summed E-state index contributed by atoms with van der Waals surface area (Å²) in [7, 11) is -3.91. The maximum Gasteiger partial charge on any atom is 0.285 e. The molecule has 0 aliphatic carbocycles. The van der Waals surface area contributed by atoms with Gasteiger partial charge in [-0.1, -0.05) is 30.3 Å². The van der Waals surface area contributed by atoms with Gasteiger partial charge in [0.2, 0.25) is 0 Å². The Labute approximate surface area is 146 Å². The molecule has 1 aromatic carbocycles. The van der Waals surface area contributed by atoms with Crippen molar-refractivity contribution in [1.29, 1.82) is 0 Å². The summed E-state index contributed by atoms with van der Waals surface area (Å²) in [5, 5.41) is 8.79. The van der Waals surface area contributed by atoms with Crippen molar-refractivity contribution in [3.05, 3.63) is 59.1 Å². The number of rotatable bonds is 5. The van der Waals surface area contributed by atoms with Crippen LogP contribution in [0, 0.1) is 0 Å². The zero-order chi connectivity index (χ0) is 17.7. The first-order valence-corrected chi connectivity index (χ1v) is 9.47. The molecular weight excluding hydrogens is 340 g/mol. The quantitative estimate of drug-likeness (QED) is 0.876. The molecule has 8 heteroatoms. The van der Waals surface area contributed by atoms with Gasteiger partial charge in [-0.05, 0) is 36.6 Å². The number of aromatic nitrogens is 2. The highest BCUT2D eigenvalue weighted by Gasteiger charge is 2.17. The summed E-state index contributed by atoms with van der Waals surface area (Å²) in [5.74, 6) is -0.112. The molecule has 1 aliphatic rings. The number of hydrogen-bond acceptors (Lipinski definition) is 6. The zero-order valence-corrected chi connectivity index (χ0v) is 14.3. The third-order valence-electron chi connectivity index (χ3n) is 3.79. The van der Waals surface area contributed by atoms with Crippen LogP contribution in [0.25, 0.3) is 6.08 Å². The van der Waals surface area contributed by atoms with Crippen LogP contribution >= 0.6 is 0 Å². The fourth-order valence-electron chi connectivity index (χ4n) is 2.51. The molecule has 0 unspecified atom stereocenters. The fraction of sp³-hybridized carbons (Fsp3) is 0.235. The van der Waals surface area contributed by atoms with E-state index < -0.39 is 15.9 Å². The van der Waals surface area contributed by atoms with Crippen molar-refractivity contribution >= 4 is 27.8 Å². The Morgan fingerprint density at radius 2 is 1.76 bits per heavy atom. The zero-order valence-electron chi connectivity index (χ0n) is 13.5. The van der Waals surface area contributed by atoms with Gasteiger partial charge in [-0.25, -0.2) is 13.1 Å². The first-order valence-electron chi connectivity index (χ1n) is 7.92. The largest absolute Gasteiger partial charge is 0.355 e. The Bertz CT molecular complexity index is 859. The Kier molecular flexibility index (Phi) is 5.08. The monoisotopic (exact) mass is 358 g/mol. The molecule has 0 bridgehead atoms. The Morgan fingerprint density at radius 1 is 1.04 bits per heavy atom. The fourth-order valence-corrected chi connectivity index (χ4v) is 3.28. The molecule has 1 aromatic heterocycles. The van der Waals surface area contributed by atoms with Gasteiger partial charge in [0.05, 0.1) is 5.41 Å². The lowest BCUT2D eigenvalue weighted by atomic mass is 10.2. The van der Waals surface area contributed by atoms with E-state index in [0.717, 1.165) is 36.9 Å². The Morgan fingerprint density at radius 3 is 2.40 bits per heavy atom. The number of amides is 1. The summed E-state index contributed by atoms with van der Waals surface area (Å²) < 4.78 is 25.9. The molecule has 2 heterocycles. The highest BCUT2D eigenvalue weighted by molar-refractivity contribution is 7.93. The van der Waals surface area contributed by atoms with Crippen LogP contribution in [-0.2, 0) is 10.0 Å². The van der Waals surface area contributed by atoms with Gasteiger partial charge in [-0.2, -0.15) is 0 Å². The summed E-state index contributed by atoms with van der Waals surface area (Å²) in [5.41, 5.74) is 0.676. The molecule has 0 atom stereocenters. The van der Waals surface area contributed by atoms with Crippen molar-refractivity contribution in [3.63, 3.8) is 0 Å². The van der Waals surface area contributed by atoms with Crippen LogP contribution in [0.15, 0.2) is 47.9 Å². The molecule has 0 spiro atoms. The van der Waals surface area contributed by atoms with Gasteiger partial charge in [0, 0.05) is 13.1 Å². The molecule has 2 aromatic rings. The Hall–Kier alpha value is -2.74. The lowest BCUT2D eigenvalue weighted by Gasteiger charge is -2.15. The van der Waals surface area contributed by atoms with Crippen molar-refractivity contribution in [1.82, 2.24) is 14.9 Å². The van der Waals surface area contributed by atoms with Gasteiger partial charge in [0.15, 0.2) is 11.5 Å². The van der Waals surface area contributed by atoms with E-state index in [-0.39, 0.29) is 5.69 Å². The topological polar surface area (TPSA) is 92.3 Å². The highest BCUT2D eigenvalue weighted by atomic mass is 32.2. The molecule has 25 heavy (non-hydrogen) atoms. The van der Waals surface area contributed by atoms with E-state index in [1.165, 1.54) is 12.1 Å². The average molecular weight is 358 g/mol. The molecule has 7 nitrogen and oxygen atoms in total. The average Bonchev–Trinajstić information content (AvgIpc) is 3.15. The minimum Gasteiger partial charge on any atom is -0.355 e. The predicted molar refractivity (Wildman–Crippen MR) is 95.3 cm³/mol. The molecule has 1 fully saturated rings. The van der Waals surface area contributed by atoms with Crippen LogP contribution in [-0.4, -0.2) is 37.6 Å². The van der Waals surface area contributed by atoms with Crippen LogP contribution in [0.4, 0.5) is 5.82 Å². The molecule has 1 amide bonds. The van der Waals surface area contributed by atoms with Crippen LogP contribution < -0.4 is 9.62 Å². The third-order valence-corrected chi connectivity index (χ3v) is 4.75. The Balaban J connectivity index is 1.65. The third kappa shape index (κ3) is 4.63. The van der Waals surface area contributed by atoms with Crippen molar-refractivity contribution in [3.8, 4) is 0 Å². The summed E-state index contributed by atoms with van der Waals surface area (Å²) in [6.45, 7) is 1.83. The van der Waals surface area contributed by atoms with E-state index >= 15 is 0 Å². The van der Waals surface area contributed by atoms with E-state index in [1.54, 1.807) is 30.3 Å². The summed E-state index contributed by atoms with van der Waals surface area (Å²) in [6, 6.07) is 12.1. The second-order valence-electron chi connectivity index (χ2n) is 5.66. The SMILES string of the molecule is O=C(NS(=O)(=O)/C=C/c1ccccc1)c1ccc(N2CCCC2)nn1. The number of nitrogens with one attached hydrogen (secondary N) is 1. The summed E-state index contributed by atoms with van der Waals surface area (Å²) in [6.07, 6.45) is 3.63. The van der Waals surface area contributed by atoms with Gasteiger partial charge >= 0.3 is 0 Å². The number of carbonyl (C=O) groups excluding carboxylic acids is 1. The van der Waals surface area contributed by atoms with Crippen LogP contribution in [0.2, 0.25) is 0 Å². The first kappa shape index (κ1) is 17.1. The van der Waals surface area contributed by atoms with Gasteiger partial charge in [0.1, 0.15) is 0 Å². The number of nitrogens with zero attached hydrogens (tertiary/aromatic N) is 3. The van der Waals surface area contributed by atoms with Crippen LogP contribution in [0.1, 0.15) is 28.9 Å². The summed E-state index contributed by atoms with van der Waals surface area (Å²) in [4.78, 5) is 14.1. The normalized spacial score (nSPS) is 14.8. The lowest BCUT2D eigenvalue weighted by Crippen LogP contribution is -2.30. The smallest absolute Gasteiger partial charge is 0.285 e. The van der Waals surface area contributed by atoms with Crippen molar-refractivity contribution in [2.24, 2.45) is 0 Å². The molecule has 0 radical (unpaired) electrons. The minimum atomic E-state index is -3.91. The van der Waals surface area contributed by atoms with Gasteiger partial charge < -0.3 is 4.90 Å². The predicted octanol–water partition coefficient (Wildman–Crippen LogP) is 1.81. The minimum absolute atomic E-state index is 0.0420. The van der Waals surface area contributed by atoms with Gasteiger partial charge in [0.25, 0.3) is 15.9 Å². The molecular formula is C17H18N4O3S. The number of sulfonamides is 1. The van der Waals surface area contributed by atoms with Crippen molar-refractivity contribution < 1.29 is 13.2 Å². The molecule has 1 N–H and O–H groups in total. The van der Waals surface area contributed by atoms with Crippen molar-refractivity contribution in [2.75, 3.05) is 18.0 Å². The number of benzene rings is 1. The van der Waals surface area contributed by atoms with Crippen LogP contribution in [0.5, 0.6) is 0 Å². The molecule has 1 aliphatic heterocycles. The standard InChI is InChI=1S/C17H18N4O3S/c22-17(15-8-9-16(19-18-15)21-11-4-5-12-21)20-25(23,24)13-10-14-6-2-1-3-7-14/h1-3,6-10,13H,4-5,11-12H2,(H,20,22)/b13-10+. The molecule has 0 saturated carbocycles. The van der Waals surface area contributed by atoms with Gasteiger partial charge in [-0.15, -0.1) is 10.2 Å². The summed E-state index contributed by atoms with van der Waals surface area (Å²) >= 11 is 0. The van der Waals surface area contributed by atoms with E-state index in [1.807, 2.05) is 10.8 Å². The number of hydrogen-bond donors (Lipinski definition) is 1. The highest BCUT2D eigenvalue weighted by Crippen LogP contribution is 2.16. The lowest BCUT2D eigenvalue weighted by molar-refractivity contribution is 0.0976. The number of carbonyl (C=O) groups is 1. The molecule has 130 valence electrons. The van der Waals surface area contributed by atoms with Gasteiger partial charge in [-0.3, -0.25) is 4.79 Å². The molecule has 1 saturated heterocycles. The second-order valence-corrected chi connectivity index (χ2v) is 7.23. The van der Waals surface area contributed by atoms with E-state index in [0.29, 0.717) is 5.82 Å². The molecule has 3 rings (SSSR count).